The molecule has 0 radical (unpaired) electrons. The second-order valence-electron chi connectivity index (χ2n) is 7.41. The van der Waals surface area contributed by atoms with Crippen molar-refractivity contribution in [1.82, 2.24) is 14.8 Å². The van der Waals surface area contributed by atoms with Crippen molar-refractivity contribution in [1.29, 1.82) is 0 Å². The molecular formula is C18H22N4O4. The minimum atomic E-state index is -1.38. The van der Waals surface area contributed by atoms with Crippen LogP contribution < -0.4 is 4.90 Å². The first kappa shape index (κ1) is 17.0. The lowest BCUT2D eigenvalue weighted by Crippen LogP contribution is -2.75. The third-order valence-corrected chi connectivity index (χ3v) is 5.80. The molecule has 0 bridgehead atoms. The molecule has 0 saturated carbocycles. The number of fused-ring (bicyclic) bond motifs is 4. The Morgan fingerprint density at radius 3 is 2.46 bits per heavy atom. The van der Waals surface area contributed by atoms with Gasteiger partial charge in [0.05, 0.1) is 30.1 Å². The van der Waals surface area contributed by atoms with Crippen LogP contribution in [0.15, 0.2) is 18.5 Å². The number of hydrogen-bond acceptors (Lipinski definition) is 6. The minimum absolute atomic E-state index is 0.0460. The van der Waals surface area contributed by atoms with Crippen LogP contribution in [0, 0.1) is 5.41 Å². The number of anilines is 1. The largest absolute Gasteiger partial charge is 0.372 e. The van der Waals surface area contributed by atoms with E-state index < -0.39 is 29.3 Å². The molecule has 3 aliphatic heterocycles. The average molecular weight is 358 g/mol. The highest BCUT2D eigenvalue weighted by Crippen LogP contribution is 2.48. The van der Waals surface area contributed by atoms with E-state index in [2.05, 4.69) is 9.88 Å². The Balaban J connectivity index is 1.94. The van der Waals surface area contributed by atoms with Crippen molar-refractivity contribution < 1.29 is 19.1 Å². The zero-order valence-corrected chi connectivity index (χ0v) is 15.3. The number of rotatable bonds is 0. The van der Waals surface area contributed by atoms with E-state index in [0.29, 0.717) is 6.54 Å². The second kappa shape index (κ2) is 5.51. The smallest absolute Gasteiger partial charge is 0.332 e. The molecule has 8 heteroatoms. The first-order valence-electron chi connectivity index (χ1n) is 8.74. The third-order valence-electron chi connectivity index (χ3n) is 5.80. The molecule has 3 aliphatic rings. The van der Waals surface area contributed by atoms with Gasteiger partial charge in [0.1, 0.15) is 0 Å². The van der Waals surface area contributed by atoms with E-state index in [1.807, 2.05) is 19.9 Å². The summed E-state index contributed by atoms with van der Waals surface area (Å²) in [7, 11) is 2.86. The molecule has 4 amide bonds. The van der Waals surface area contributed by atoms with E-state index in [1.165, 1.54) is 14.1 Å². The lowest BCUT2D eigenvalue weighted by molar-refractivity contribution is -0.166. The Kier molecular flexibility index (Phi) is 3.59. The molecule has 2 saturated heterocycles. The van der Waals surface area contributed by atoms with Crippen LogP contribution in [-0.2, 0) is 20.7 Å². The number of ether oxygens (including phenoxy) is 1. The molecule has 0 aromatic carbocycles. The number of barbiturate groups is 1. The summed E-state index contributed by atoms with van der Waals surface area (Å²) in [4.78, 5) is 47.3. The van der Waals surface area contributed by atoms with Gasteiger partial charge in [0, 0.05) is 33.3 Å². The van der Waals surface area contributed by atoms with Gasteiger partial charge in [0.25, 0.3) is 0 Å². The molecule has 2 fully saturated rings. The summed E-state index contributed by atoms with van der Waals surface area (Å²) < 4.78 is 6.00. The molecule has 1 aromatic heterocycles. The zero-order chi connectivity index (χ0) is 18.8. The standard InChI is InChI=1S/C18H22N4O4/c1-10-9-22-13-8-19-6-5-12(13)7-18(14(22)11(2)26-10)15(23)20(3)17(25)21(4)16(18)24/h5-6,8,10-11,14H,7,9H2,1-4H3/t10-,11+,14-/m1/s1. The predicted molar refractivity (Wildman–Crippen MR) is 92.5 cm³/mol. The van der Waals surface area contributed by atoms with Crippen molar-refractivity contribution in [3.05, 3.63) is 24.0 Å². The fourth-order valence-corrected chi connectivity index (χ4v) is 4.76. The quantitative estimate of drug-likeness (QED) is 0.634. The summed E-state index contributed by atoms with van der Waals surface area (Å²) in [5, 5.41) is 0. The molecule has 1 aromatic rings. The Bertz CT molecular complexity index is 786. The topological polar surface area (TPSA) is 83.1 Å². The molecule has 4 heterocycles. The molecule has 8 nitrogen and oxygen atoms in total. The van der Waals surface area contributed by atoms with Crippen molar-refractivity contribution in [2.75, 3.05) is 25.5 Å². The van der Waals surface area contributed by atoms with Gasteiger partial charge in [-0.2, -0.15) is 0 Å². The fourth-order valence-electron chi connectivity index (χ4n) is 4.76. The number of morpholine rings is 1. The highest BCUT2D eigenvalue weighted by molar-refractivity contribution is 6.20. The molecule has 4 rings (SSSR count). The van der Waals surface area contributed by atoms with Crippen LogP contribution in [0.4, 0.5) is 10.5 Å². The van der Waals surface area contributed by atoms with Crippen LogP contribution in [0.1, 0.15) is 19.4 Å². The molecular weight excluding hydrogens is 336 g/mol. The second-order valence-corrected chi connectivity index (χ2v) is 7.41. The highest BCUT2D eigenvalue weighted by atomic mass is 16.5. The van der Waals surface area contributed by atoms with Crippen molar-refractivity contribution in [3.63, 3.8) is 0 Å². The van der Waals surface area contributed by atoms with Gasteiger partial charge in [-0.15, -0.1) is 0 Å². The summed E-state index contributed by atoms with van der Waals surface area (Å²) in [6.45, 7) is 4.40. The number of nitrogens with zero attached hydrogens (tertiary/aromatic N) is 4. The number of hydrogen-bond donors (Lipinski definition) is 0. The van der Waals surface area contributed by atoms with Crippen LogP contribution in [-0.4, -0.2) is 71.5 Å². The molecule has 138 valence electrons. The fraction of sp³-hybridized carbons (Fsp3) is 0.556. The minimum Gasteiger partial charge on any atom is -0.372 e. The van der Waals surface area contributed by atoms with Crippen LogP contribution in [0.25, 0.3) is 0 Å². The summed E-state index contributed by atoms with van der Waals surface area (Å²) in [6, 6.07) is 0.749. The maximum atomic E-state index is 13.3. The van der Waals surface area contributed by atoms with Crippen molar-refractivity contribution >= 4 is 23.5 Å². The number of imide groups is 2. The molecule has 0 aliphatic carbocycles. The van der Waals surface area contributed by atoms with Crippen molar-refractivity contribution in [3.8, 4) is 0 Å². The SMILES string of the molecule is C[C@@H]1CN2c3cnccc3CC3(C(=O)N(C)C(=O)N(C)C3=O)[C@H]2[C@H](C)O1. The number of pyridine rings is 1. The summed E-state index contributed by atoms with van der Waals surface area (Å²) in [5.74, 6) is -0.930. The summed E-state index contributed by atoms with van der Waals surface area (Å²) in [6.07, 6.45) is 3.27. The molecule has 3 atom stereocenters. The molecule has 0 unspecified atom stereocenters. The Hall–Kier alpha value is -2.48. The number of aromatic nitrogens is 1. The van der Waals surface area contributed by atoms with Gasteiger partial charge in [-0.3, -0.25) is 24.4 Å². The number of urea groups is 1. The van der Waals surface area contributed by atoms with E-state index in [-0.39, 0.29) is 18.6 Å². The highest BCUT2D eigenvalue weighted by Gasteiger charge is 2.65. The maximum Gasteiger partial charge on any atom is 0.332 e. The third kappa shape index (κ3) is 1.99. The monoisotopic (exact) mass is 358 g/mol. The normalized spacial score (nSPS) is 30.5. The van der Waals surface area contributed by atoms with E-state index >= 15 is 0 Å². The zero-order valence-electron chi connectivity index (χ0n) is 15.3. The van der Waals surface area contributed by atoms with Gasteiger partial charge in [-0.1, -0.05) is 0 Å². The van der Waals surface area contributed by atoms with Gasteiger partial charge in [-0.05, 0) is 25.5 Å². The summed E-state index contributed by atoms with van der Waals surface area (Å²) >= 11 is 0. The van der Waals surface area contributed by atoms with Gasteiger partial charge in [0.15, 0.2) is 5.41 Å². The average Bonchev–Trinajstić information content (AvgIpc) is 2.62. The van der Waals surface area contributed by atoms with Crippen LogP contribution in [0.5, 0.6) is 0 Å². The molecule has 26 heavy (non-hydrogen) atoms. The lowest BCUT2D eigenvalue weighted by Gasteiger charge is -2.57. The van der Waals surface area contributed by atoms with Crippen molar-refractivity contribution in [2.24, 2.45) is 5.41 Å². The van der Waals surface area contributed by atoms with E-state index in [9.17, 15) is 14.4 Å². The maximum absolute atomic E-state index is 13.3. The lowest BCUT2D eigenvalue weighted by atomic mass is 9.66. The van der Waals surface area contributed by atoms with Gasteiger partial charge >= 0.3 is 6.03 Å². The van der Waals surface area contributed by atoms with Crippen LogP contribution >= 0.6 is 0 Å². The predicted octanol–water partition coefficient (Wildman–Crippen LogP) is 0.657. The van der Waals surface area contributed by atoms with E-state index in [1.54, 1.807) is 12.4 Å². The van der Waals surface area contributed by atoms with Gasteiger partial charge < -0.3 is 9.64 Å². The van der Waals surface area contributed by atoms with Crippen LogP contribution in [0.2, 0.25) is 0 Å². The number of amides is 4. The first-order valence-corrected chi connectivity index (χ1v) is 8.74. The Morgan fingerprint density at radius 2 is 1.81 bits per heavy atom. The Labute approximate surface area is 151 Å². The first-order chi connectivity index (χ1) is 12.3. The van der Waals surface area contributed by atoms with Crippen molar-refractivity contribution in [2.45, 2.75) is 38.5 Å². The van der Waals surface area contributed by atoms with Crippen LogP contribution in [0.3, 0.4) is 0 Å². The van der Waals surface area contributed by atoms with Gasteiger partial charge in [-0.25, -0.2) is 4.79 Å². The van der Waals surface area contributed by atoms with E-state index in [0.717, 1.165) is 21.1 Å². The summed E-state index contributed by atoms with van der Waals surface area (Å²) in [5.41, 5.74) is 0.425. The number of carbonyl (C=O) groups excluding carboxylic acids is 3. The molecule has 1 spiro atoms. The van der Waals surface area contributed by atoms with Gasteiger partial charge in [0.2, 0.25) is 11.8 Å². The van der Waals surface area contributed by atoms with E-state index in [4.69, 9.17) is 4.74 Å². The molecule has 0 N–H and O–H groups in total. The number of carbonyl (C=O) groups is 3. The Morgan fingerprint density at radius 1 is 1.15 bits per heavy atom.